The number of carbonyl (C=O) groups is 2. The van der Waals surface area contributed by atoms with Crippen LogP contribution in [-0.4, -0.2) is 48.3 Å². The summed E-state index contributed by atoms with van der Waals surface area (Å²) >= 11 is 0. The van der Waals surface area contributed by atoms with E-state index in [0.29, 0.717) is 0 Å². The van der Waals surface area contributed by atoms with Gasteiger partial charge in [0.05, 0.1) is 19.8 Å². The summed E-state index contributed by atoms with van der Waals surface area (Å²) in [5.41, 5.74) is -0.398. The van der Waals surface area contributed by atoms with Crippen LogP contribution in [0, 0.1) is 0 Å². The number of aromatic nitrogens is 1. The number of H-pyrrole nitrogens is 1. The van der Waals surface area contributed by atoms with Crippen molar-refractivity contribution in [2.24, 2.45) is 0 Å². The smallest absolute Gasteiger partial charge is 0.313 e. The number of rotatable bonds is 6. The van der Waals surface area contributed by atoms with Gasteiger partial charge in [0, 0.05) is 25.0 Å². The molecule has 0 aromatic carbocycles. The van der Waals surface area contributed by atoms with E-state index in [1.807, 2.05) is 0 Å². The lowest BCUT2D eigenvalue weighted by Gasteiger charge is -2.06. The number of carbonyl (C=O) groups excluding carboxylic acids is 2. The minimum absolute atomic E-state index is 0.000759. The minimum atomic E-state index is -0.932. The fourth-order valence-corrected chi connectivity index (χ4v) is 1.18. The maximum Gasteiger partial charge on any atom is 0.313 e. The number of ether oxygens (including phenoxy) is 1. The van der Waals surface area contributed by atoms with Crippen molar-refractivity contribution in [1.29, 1.82) is 0 Å². The van der Waals surface area contributed by atoms with Crippen molar-refractivity contribution < 1.29 is 19.4 Å². The molecule has 0 spiro atoms. The molecule has 2 amide bonds. The second kappa shape index (κ2) is 8.01. The van der Waals surface area contributed by atoms with E-state index >= 15 is 0 Å². The lowest BCUT2D eigenvalue weighted by atomic mass is 10.4. The Hall–Kier alpha value is -2.19. The Kier molecular flexibility index (Phi) is 6.27. The first-order valence-electron chi connectivity index (χ1n) is 5.60. The van der Waals surface area contributed by atoms with E-state index in [2.05, 4.69) is 15.6 Å². The van der Waals surface area contributed by atoms with Crippen LogP contribution in [0.1, 0.15) is 0 Å². The number of hydrogen-bond acceptors (Lipinski definition) is 5. The van der Waals surface area contributed by atoms with E-state index in [0.717, 1.165) is 0 Å². The third kappa shape index (κ3) is 5.32. The molecule has 104 valence electrons. The van der Waals surface area contributed by atoms with Gasteiger partial charge in [0.15, 0.2) is 0 Å². The zero-order valence-electron chi connectivity index (χ0n) is 10.1. The summed E-state index contributed by atoms with van der Waals surface area (Å²) in [4.78, 5) is 36.7. The molecule has 0 radical (unpaired) electrons. The van der Waals surface area contributed by atoms with E-state index in [1.54, 1.807) is 0 Å². The Morgan fingerprint density at radius 3 is 2.79 bits per heavy atom. The van der Waals surface area contributed by atoms with Crippen LogP contribution < -0.4 is 16.1 Å². The monoisotopic (exact) mass is 269 g/mol. The van der Waals surface area contributed by atoms with Gasteiger partial charge in [0.2, 0.25) is 5.43 Å². The molecule has 1 aromatic heterocycles. The maximum atomic E-state index is 11.4. The highest BCUT2D eigenvalue weighted by atomic mass is 16.5. The molecule has 4 N–H and O–H groups in total. The van der Waals surface area contributed by atoms with Gasteiger partial charge in [-0.2, -0.15) is 0 Å². The lowest BCUT2D eigenvalue weighted by Crippen LogP contribution is -2.38. The van der Waals surface area contributed by atoms with Crippen LogP contribution in [0.2, 0.25) is 0 Å². The van der Waals surface area contributed by atoms with Crippen LogP contribution >= 0.6 is 0 Å². The predicted molar refractivity (Wildman–Crippen MR) is 66.6 cm³/mol. The van der Waals surface area contributed by atoms with E-state index in [-0.39, 0.29) is 32.1 Å². The molecule has 0 saturated carbocycles. The average Bonchev–Trinajstić information content (AvgIpc) is 2.41. The average molecular weight is 269 g/mol. The molecule has 0 fully saturated rings. The zero-order chi connectivity index (χ0) is 14.1. The predicted octanol–water partition coefficient (Wildman–Crippen LogP) is -1.56. The quantitative estimate of drug-likeness (QED) is 0.367. The number of anilines is 1. The number of aliphatic hydroxyl groups is 1. The van der Waals surface area contributed by atoms with Gasteiger partial charge < -0.3 is 25.5 Å². The number of pyridine rings is 1. The van der Waals surface area contributed by atoms with E-state index in [4.69, 9.17) is 9.84 Å². The normalized spacial score (nSPS) is 9.95. The molecule has 0 aliphatic carbocycles. The van der Waals surface area contributed by atoms with Crippen LogP contribution in [0.3, 0.4) is 0 Å². The summed E-state index contributed by atoms with van der Waals surface area (Å²) in [6, 6.07) is 1.23. The van der Waals surface area contributed by atoms with Crippen LogP contribution in [0.4, 0.5) is 5.69 Å². The number of aliphatic hydroxyl groups excluding tert-OH is 1. The summed E-state index contributed by atoms with van der Waals surface area (Å²) in [6.45, 7) is 0.384. The van der Waals surface area contributed by atoms with Crippen molar-refractivity contribution in [2.45, 2.75) is 0 Å². The largest absolute Gasteiger partial charge is 0.394 e. The number of hydrogen-bond donors (Lipinski definition) is 4. The molecule has 0 unspecified atom stereocenters. The highest BCUT2D eigenvalue weighted by Crippen LogP contribution is 1.94. The van der Waals surface area contributed by atoms with Crippen LogP contribution in [-0.2, 0) is 14.3 Å². The summed E-state index contributed by atoms with van der Waals surface area (Å²) in [6.07, 6.45) is 2.70. The standard InChI is InChI=1S/C11H15N3O5/c15-4-6-19-5-3-13-10(17)11(18)14-8-7-12-2-1-9(8)16/h1-2,7,15H,3-6H2,(H,12,16)(H,13,17)(H,14,18). The molecule has 8 nitrogen and oxygen atoms in total. The molecule has 1 rings (SSSR count). The zero-order valence-corrected chi connectivity index (χ0v) is 10.1. The Labute approximate surface area is 108 Å². The Bertz CT molecular complexity index is 485. The highest BCUT2D eigenvalue weighted by Gasteiger charge is 2.14. The minimum Gasteiger partial charge on any atom is -0.394 e. The third-order valence-corrected chi connectivity index (χ3v) is 2.05. The molecule has 1 heterocycles. The van der Waals surface area contributed by atoms with E-state index in [9.17, 15) is 14.4 Å². The first-order valence-corrected chi connectivity index (χ1v) is 5.60. The second-order valence-corrected chi connectivity index (χ2v) is 3.47. The molecular formula is C11H15N3O5. The maximum absolute atomic E-state index is 11.4. The molecule has 0 atom stereocenters. The number of nitrogens with one attached hydrogen (secondary N) is 3. The van der Waals surface area contributed by atoms with Crippen molar-refractivity contribution in [3.63, 3.8) is 0 Å². The fraction of sp³-hybridized carbons (Fsp3) is 0.364. The molecule has 0 aliphatic rings. The number of aromatic amines is 1. The lowest BCUT2D eigenvalue weighted by molar-refractivity contribution is -0.136. The summed E-state index contributed by atoms with van der Waals surface area (Å²) in [5.74, 6) is -1.80. The first kappa shape index (κ1) is 14.9. The van der Waals surface area contributed by atoms with Gasteiger partial charge in [-0.25, -0.2) is 0 Å². The van der Waals surface area contributed by atoms with Crippen molar-refractivity contribution in [3.8, 4) is 0 Å². The SMILES string of the molecule is O=C(NCCOCCO)C(=O)Nc1c[nH]ccc1=O. The second-order valence-electron chi connectivity index (χ2n) is 3.47. The number of amides is 2. The third-order valence-electron chi connectivity index (χ3n) is 2.05. The van der Waals surface area contributed by atoms with Gasteiger partial charge in [-0.1, -0.05) is 0 Å². The first-order chi connectivity index (χ1) is 9.15. The van der Waals surface area contributed by atoms with Crippen molar-refractivity contribution in [3.05, 3.63) is 28.7 Å². The summed E-state index contributed by atoms with van der Waals surface area (Å²) < 4.78 is 4.90. The molecule has 8 heteroatoms. The van der Waals surface area contributed by atoms with Crippen LogP contribution in [0.25, 0.3) is 0 Å². The van der Waals surface area contributed by atoms with Crippen molar-refractivity contribution >= 4 is 17.5 Å². The van der Waals surface area contributed by atoms with Gasteiger partial charge >= 0.3 is 11.8 Å². The fourth-order valence-electron chi connectivity index (χ4n) is 1.18. The molecule has 1 aromatic rings. The van der Waals surface area contributed by atoms with Gasteiger partial charge in [-0.3, -0.25) is 14.4 Å². The van der Waals surface area contributed by atoms with Gasteiger partial charge in [0.25, 0.3) is 0 Å². The van der Waals surface area contributed by atoms with Crippen molar-refractivity contribution in [2.75, 3.05) is 31.7 Å². The van der Waals surface area contributed by atoms with Crippen LogP contribution in [0.15, 0.2) is 23.3 Å². The Balaban J connectivity index is 2.35. The Morgan fingerprint density at radius 2 is 2.11 bits per heavy atom. The van der Waals surface area contributed by atoms with Crippen molar-refractivity contribution in [1.82, 2.24) is 10.3 Å². The van der Waals surface area contributed by atoms with E-state index in [1.165, 1.54) is 18.5 Å². The van der Waals surface area contributed by atoms with Gasteiger partial charge in [-0.05, 0) is 0 Å². The molecule has 0 bridgehead atoms. The summed E-state index contributed by atoms with van der Waals surface area (Å²) in [7, 11) is 0. The topological polar surface area (TPSA) is 121 Å². The highest BCUT2D eigenvalue weighted by molar-refractivity contribution is 6.39. The van der Waals surface area contributed by atoms with Gasteiger partial charge in [0.1, 0.15) is 5.69 Å². The summed E-state index contributed by atoms with van der Waals surface area (Å²) in [5, 5.41) is 12.9. The Morgan fingerprint density at radius 1 is 1.32 bits per heavy atom. The molecule has 19 heavy (non-hydrogen) atoms. The van der Waals surface area contributed by atoms with Crippen LogP contribution in [0.5, 0.6) is 0 Å². The molecule has 0 aliphatic heterocycles. The molecular weight excluding hydrogens is 254 g/mol. The van der Waals surface area contributed by atoms with E-state index < -0.39 is 17.2 Å². The van der Waals surface area contributed by atoms with Gasteiger partial charge in [-0.15, -0.1) is 0 Å². The molecule has 0 saturated heterocycles.